The lowest BCUT2D eigenvalue weighted by atomic mass is 9.94. The van der Waals surface area contributed by atoms with E-state index in [-0.39, 0.29) is 11.5 Å². The fourth-order valence-corrected chi connectivity index (χ4v) is 4.92. The predicted molar refractivity (Wildman–Crippen MR) is 93.5 cm³/mol. The van der Waals surface area contributed by atoms with Gasteiger partial charge in [-0.15, -0.1) is 11.3 Å². The molecule has 0 radical (unpaired) electrons. The number of likely N-dealkylation sites (tertiary alicyclic amines) is 1. The molecule has 4 rings (SSSR count). The lowest BCUT2D eigenvalue weighted by molar-refractivity contribution is -0.0539. The molecule has 0 saturated carbocycles. The molecule has 3 aliphatic rings. The highest BCUT2D eigenvalue weighted by molar-refractivity contribution is 7.12. The lowest BCUT2D eigenvalue weighted by Gasteiger charge is -2.31. The second-order valence-electron chi connectivity index (χ2n) is 7.33. The molecule has 5 nitrogen and oxygen atoms in total. The van der Waals surface area contributed by atoms with E-state index in [1.54, 1.807) is 0 Å². The van der Waals surface area contributed by atoms with E-state index in [9.17, 15) is 4.79 Å². The Labute approximate surface area is 147 Å². The van der Waals surface area contributed by atoms with Gasteiger partial charge in [0.1, 0.15) is 5.60 Å². The number of thiophene rings is 1. The Balaban J connectivity index is 1.41. The van der Waals surface area contributed by atoms with E-state index in [1.807, 2.05) is 22.4 Å². The van der Waals surface area contributed by atoms with Crippen molar-refractivity contribution in [3.63, 3.8) is 0 Å². The third-order valence-corrected chi connectivity index (χ3v) is 6.23. The van der Waals surface area contributed by atoms with Crippen molar-refractivity contribution in [3.8, 4) is 0 Å². The molecule has 1 aromatic heterocycles. The number of nitrogens with zero attached hydrogens (tertiary/aromatic N) is 2. The SMILES string of the molecule is O=C(c1cccs1)N1CCOC[C@]2(C[C@@H](CN3CCCC3)CO2)C1. The first-order valence-electron chi connectivity index (χ1n) is 9.01. The molecule has 6 heteroatoms. The zero-order chi connectivity index (χ0) is 16.4. The summed E-state index contributed by atoms with van der Waals surface area (Å²) < 4.78 is 12.1. The van der Waals surface area contributed by atoms with Gasteiger partial charge < -0.3 is 19.3 Å². The number of carbonyl (C=O) groups is 1. The van der Waals surface area contributed by atoms with Gasteiger partial charge in [-0.25, -0.2) is 0 Å². The maximum absolute atomic E-state index is 12.7. The molecule has 132 valence electrons. The summed E-state index contributed by atoms with van der Waals surface area (Å²) in [5, 5.41) is 1.95. The van der Waals surface area contributed by atoms with Crippen LogP contribution in [0.15, 0.2) is 17.5 Å². The molecular formula is C18H26N2O3S. The summed E-state index contributed by atoms with van der Waals surface area (Å²) in [6.07, 6.45) is 3.65. The van der Waals surface area contributed by atoms with Gasteiger partial charge in [0.05, 0.1) is 31.2 Å². The van der Waals surface area contributed by atoms with Gasteiger partial charge in [-0.2, -0.15) is 0 Å². The summed E-state index contributed by atoms with van der Waals surface area (Å²) in [5.41, 5.74) is -0.312. The van der Waals surface area contributed by atoms with Crippen molar-refractivity contribution in [1.29, 1.82) is 0 Å². The van der Waals surface area contributed by atoms with Crippen LogP contribution in [0.4, 0.5) is 0 Å². The summed E-state index contributed by atoms with van der Waals surface area (Å²) in [6, 6.07) is 3.83. The molecule has 0 bridgehead atoms. The highest BCUT2D eigenvalue weighted by Crippen LogP contribution is 2.34. The van der Waals surface area contributed by atoms with Crippen LogP contribution in [-0.4, -0.2) is 73.9 Å². The number of ether oxygens (including phenoxy) is 2. The second kappa shape index (κ2) is 7.12. The summed E-state index contributed by atoms with van der Waals surface area (Å²) in [5.74, 6) is 0.671. The number of amides is 1. The molecule has 0 N–H and O–H groups in total. The van der Waals surface area contributed by atoms with Crippen LogP contribution >= 0.6 is 11.3 Å². The van der Waals surface area contributed by atoms with Crippen LogP contribution < -0.4 is 0 Å². The van der Waals surface area contributed by atoms with Gasteiger partial charge in [0.15, 0.2) is 0 Å². The van der Waals surface area contributed by atoms with Crippen molar-refractivity contribution in [1.82, 2.24) is 9.80 Å². The molecule has 1 spiro atoms. The molecule has 0 aliphatic carbocycles. The van der Waals surface area contributed by atoms with Crippen LogP contribution in [0.1, 0.15) is 28.9 Å². The van der Waals surface area contributed by atoms with Crippen LogP contribution in [0.5, 0.6) is 0 Å². The first kappa shape index (κ1) is 16.5. The number of hydrogen-bond donors (Lipinski definition) is 0. The van der Waals surface area contributed by atoms with Gasteiger partial charge in [0.25, 0.3) is 5.91 Å². The molecule has 3 aliphatic heterocycles. The van der Waals surface area contributed by atoms with Gasteiger partial charge in [0.2, 0.25) is 0 Å². The first-order chi connectivity index (χ1) is 11.7. The van der Waals surface area contributed by atoms with Gasteiger partial charge in [-0.3, -0.25) is 4.79 Å². The molecule has 0 unspecified atom stereocenters. The molecule has 4 heterocycles. The van der Waals surface area contributed by atoms with Crippen LogP contribution in [0.3, 0.4) is 0 Å². The Morgan fingerprint density at radius 1 is 1.33 bits per heavy atom. The smallest absolute Gasteiger partial charge is 0.264 e. The minimum Gasteiger partial charge on any atom is -0.377 e. The molecule has 1 aromatic rings. The van der Waals surface area contributed by atoms with Gasteiger partial charge in [0, 0.05) is 13.1 Å². The summed E-state index contributed by atoms with van der Waals surface area (Å²) in [4.78, 5) is 18.0. The van der Waals surface area contributed by atoms with Gasteiger partial charge >= 0.3 is 0 Å². The Kier molecular flexibility index (Phi) is 4.90. The molecular weight excluding hydrogens is 324 g/mol. The van der Waals surface area contributed by atoms with E-state index < -0.39 is 0 Å². The van der Waals surface area contributed by atoms with E-state index in [0.29, 0.717) is 32.2 Å². The Hall–Kier alpha value is -0.950. The summed E-state index contributed by atoms with van der Waals surface area (Å²) in [6.45, 7) is 6.88. The van der Waals surface area contributed by atoms with Crippen LogP contribution in [0.2, 0.25) is 0 Å². The first-order valence-corrected chi connectivity index (χ1v) is 9.89. The predicted octanol–water partition coefficient (Wildman–Crippen LogP) is 2.09. The fraction of sp³-hybridized carbons (Fsp3) is 0.722. The molecule has 3 saturated heterocycles. The summed E-state index contributed by atoms with van der Waals surface area (Å²) >= 11 is 1.50. The lowest BCUT2D eigenvalue weighted by Crippen LogP contribution is -2.46. The third kappa shape index (κ3) is 3.52. The monoisotopic (exact) mass is 350 g/mol. The van der Waals surface area contributed by atoms with Crippen molar-refractivity contribution in [2.24, 2.45) is 5.92 Å². The average molecular weight is 350 g/mol. The highest BCUT2D eigenvalue weighted by atomic mass is 32.1. The van der Waals surface area contributed by atoms with Crippen LogP contribution in [0, 0.1) is 5.92 Å². The molecule has 0 aromatic carbocycles. The number of hydrogen-bond acceptors (Lipinski definition) is 5. The molecule has 24 heavy (non-hydrogen) atoms. The Morgan fingerprint density at radius 3 is 3.00 bits per heavy atom. The largest absolute Gasteiger partial charge is 0.377 e. The van der Waals surface area contributed by atoms with E-state index in [4.69, 9.17) is 9.47 Å². The minimum absolute atomic E-state index is 0.112. The minimum atomic E-state index is -0.312. The zero-order valence-electron chi connectivity index (χ0n) is 14.1. The molecule has 3 fully saturated rings. The number of rotatable bonds is 3. The maximum atomic E-state index is 12.7. The van der Waals surface area contributed by atoms with Crippen molar-refractivity contribution in [2.45, 2.75) is 24.9 Å². The quantitative estimate of drug-likeness (QED) is 0.837. The van der Waals surface area contributed by atoms with Crippen molar-refractivity contribution < 1.29 is 14.3 Å². The third-order valence-electron chi connectivity index (χ3n) is 5.37. The molecule has 2 atom stereocenters. The van der Waals surface area contributed by atoms with Crippen LogP contribution in [-0.2, 0) is 9.47 Å². The van der Waals surface area contributed by atoms with Crippen molar-refractivity contribution in [3.05, 3.63) is 22.4 Å². The standard InChI is InChI=1S/C18H26N2O3S/c21-17(16-4-3-9-24-16)20-7-8-22-14-18(13-20)10-15(12-23-18)11-19-5-1-2-6-19/h3-4,9,15H,1-2,5-8,10-14H2/t15-,18-/m0/s1. The van der Waals surface area contributed by atoms with Crippen molar-refractivity contribution in [2.75, 3.05) is 52.5 Å². The van der Waals surface area contributed by atoms with Crippen LogP contribution in [0.25, 0.3) is 0 Å². The van der Waals surface area contributed by atoms with Crippen molar-refractivity contribution >= 4 is 17.2 Å². The average Bonchev–Trinajstić information content (AvgIpc) is 3.30. The number of carbonyl (C=O) groups excluding carboxylic acids is 1. The highest BCUT2D eigenvalue weighted by Gasteiger charge is 2.44. The topological polar surface area (TPSA) is 42.0 Å². The zero-order valence-corrected chi connectivity index (χ0v) is 14.9. The van der Waals surface area contributed by atoms with Gasteiger partial charge in [-0.1, -0.05) is 6.07 Å². The van der Waals surface area contributed by atoms with E-state index in [1.165, 1.54) is 37.3 Å². The normalized spacial score (nSPS) is 31.7. The maximum Gasteiger partial charge on any atom is 0.264 e. The van der Waals surface area contributed by atoms with E-state index >= 15 is 0 Å². The molecule has 1 amide bonds. The van der Waals surface area contributed by atoms with E-state index in [2.05, 4.69) is 4.90 Å². The Bertz CT molecular complexity index is 559. The second-order valence-corrected chi connectivity index (χ2v) is 8.28. The summed E-state index contributed by atoms with van der Waals surface area (Å²) in [7, 11) is 0. The fourth-order valence-electron chi connectivity index (χ4n) is 4.23. The van der Waals surface area contributed by atoms with Gasteiger partial charge in [-0.05, 0) is 49.7 Å². The van der Waals surface area contributed by atoms with E-state index in [0.717, 1.165) is 24.4 Å². The Morgan fingerprint density at radius 2 is 2.21 bits per heavy atom.